The van der Waals surface area contributed by atoms with Gasteiger partial charge in [0.2, 0.25) is 0 Å². The second-order valence-electron chi connectivity index (χ2n) is 23.8. The van der Waals surface area contributed by atoms with E-state index in [1.54, 1.807) is 0 Å². The maximum absolute atomic E-state index is 12.9. The smallest absolute Gasteiger partial charge is 0.361 e. The number of carboxylic acids is 1. The van der Waals surface area contributed by atoms with Crippen LogP contribution in [0, 0.1) is 0 Å². The molecule has 0 rings (SSSR count). The lowest BCUT2D eigenvalue weighted by molar-refractivity contribution is -0.870. The van der Waals surface area contributed by atoms with Gasteiger partial charge in [0.25, 0.3) is 6.29 Å². The molecule has 9 nitrogen and oxygen atoms in total. The molecule has 0 spiro atoms. The third-order valence-corrected chi connectivity index (χ3v) is 14.9. The lowest BCUT2D eigenvalue weighted by Crippen LogP contribution is -2.40. The van der Waals surface area contributed by atoms with Gasteiger partial charge in [0.05, 0.1) is 34.4 Å². The van der Waals surface area contributed by atoms with Gasteiger partial charge in [-0.3, -0.25) is 9.59 Å². The lowest BCUT2D eigenvalue weighted by atomic mass is 10.0. The predicted molar refractivity (Wildman–Crippen MR) is 327 cm³/mol. The van der Waals surface area contributed by atoms with Crippen LogP contribution in [0.2, 0.25) is 0 Å². The van der Waals surface area contributed by atoms with Crippen molar-refractivity contribution in [2.24, 2.45) is 0 Å². The molecular weight excluding hydrogens is 959 g/mol. The molecule has 2 atom stereocenters. The van der Waals surface area contributed by atoms with Crippen LogP contribution in [0.1, 0.15) is 322 Å². The maximum atomic E-state index is 12.9. The molecule has 0 aliphatic rings. The highest BCUT2D eigenvalue weighted by atomic mass is 16.7. The van der Waals surface area contributed by atoms with Gasteiger partial charge in [0.15, 0.2) is 6.10 Å². The SMILES string of the molecule is CCCCCCC/C=C\C/C=C\CCCCCCCCCCCCCC(=O)OC(COC(=O)CCCCCCCCCCCCCCCCCCC/C=C\CCCCCCCCCC)COC(OCC[N+](C)(C)C)C(=O)O. The number of carboxylic acid groups (broad SMARTS) is 1. The van der Waals surface area contributed by atoms with E-state index in [0.717, 1.165) is 44.9 Å². The molecule has 452 valence electrons. The molecule has 0 saturated heterocycles. The van der Waals surface area contributed by atoms with E-state index in [1.807, 2.05) is 21.1 Å². The number of aliphatic carboxylic acids is 1. The number of quaternary nitrogens is 1. The summed E-state index contributed by atoms with van der Waals surface area (Å²) in [6, 6.07) is 0. The van der Waals surface area contributed by atoms with Crippen LogP contribution in [-0.2, 0) is 33.3 Å². The van der Waals surface area contributed by atoms with E-state index in [-0.39, 0.29) is 32.2 Å². The Morgan fingerprint density at radius 3 is 1.04 bits per heavy atom. The van der Waals surface area contributed by atoms with E-state index in [2.05, 4.69) is 50.3 Å². The fraction of sp³-hybridized carbons (Fsp3) is 0.868. The predicted octanol–water partition coefficient (Wildman–Crippen LogP) is 20.0. The van der Waals surface area contributed by atoms with Gasteiger partial charge < -0.3 is 28.5 Å². The molecular formula is C68H128NO8+. The molecule has 0 saturated carbocycles. The number of hydrogen-bond acceptors (Lipinski definition) is 7. The Labute approximate surface area is 477 Å². The van der Waals surface area contributed by atoms with Crippen molar-refractivity contribution in [1.82, 2.24) is 0 Å². The number of ether oxygens (including phenoxy) is 4. The first-order valence-corrected chi connectivity index (χ1v) is 33.2. The lowest BCUT2D eigenvalue weighted by Gasteiger charge is -2.25. The maximum Gasteiger partial charge on any atom is 0.361 e. The first-order valence-electron chi connectivity index (χ1n) is 33.2. The number of unbranched alkanes of at least 4 members (excludes halogenated alkanes) is 41. The summed E-state index contributed by atoms with van der Waals surface area (Å²) in [6.45, 7) is 4.92. The van der Waals surface area contributed by atoms with Gasteiger partial charge in [-0.15, -0.1) is 0 Å². The Morgan fingerprint density at radius 2 is 0.701 bits per heavy atom. The van der Waals surface area contributed by atoms with Gasteiger partial charge >= 0.3 is 17.9 Å². The van der Waals surface area contributed by atoms with Crippen LogP contribution in [0.15, 0.2) is 36.5 Å². The largest absolute Gasteiger partial charge is 0.477 e. The summed E-state index contributed by atoms with van der Waals surface area (Å²) in [6.07, 6.45) is 71.0. The van der Waals surface area contributed by atoms with E-state index in [1.165, 1.54) is 250 Å². The zero-order valence-electron chi connectivity index (χ0n) is 51.6. The van der Waals surface area contributed by atoms with Gasteiger partial charge in [-0.05, 0) is 70.6 Å². The summed E-state index contributed by atoms with van der Waals surface area (Å²) in [7, 11) is 5.98. The Hall–Kier alpha value is -2.49. The number of allylic oxidation sites excluding steroid dienone is 6. The monoisotopic (exact) mass is 1090 g/mol. The van der Waals surface area contributed by atoms with Gasteiger partial charge in [-0.1, -0.05) is 275 Å². The van der Waals surface area contributed by atoms with Crippen LogP contribution in [0.5, 0.6) is 0 Å². The molecule has 0 radical (unpaired) electrons. The molecule has 0 amide bonds. The third-order valence-electron chi connectivity index (χ3n) is 14.9. The Bertz CT molecular complexity index is 1360. The van der Waals surface area contributed by atoms with E-state index < -0.39 is 24.3 Å². The zero-order valence-corrected chi connectivity index (χ0v) is 51.6. The molecule has 0 aliphatic heterocycles. The number of carbonyl (C=O) groups is 3. The highest BCUT2D eigenvalue weighted by Gasteiger charge is 2.25. The number of carbonyl (C=O) groups excluding carboxylic acids is 2. The number of nitrogens with zero attached hydrogens (tertiary/aromatic N) is 1. The third kappa shape index (κ3) is 61.0. The molecule has 0 aromatic carbocycles. The molecule has 0 aliphatic carbocycles. The van der Waals surface area contributed by atoms with Gasteiger partial charge in [-0.2, -0.15) is 0 Å². The minimum Gasteiger partial charge on any atom is -0.477 e. The minimum absolute atomic E-state index is 0.179. The van der Waals surface area contributed by atoms with Crippen LogP contribution in [0.25, 0.3) is 0 Å². The van der Waals surface area contributed by atoms with Crippen molar-refractivity contribution in [3.8, 4) is 0 Å². The molecule has 2 unspecified atom stereocenters. The van der Waals surface area contributed by atoms with Crippen LogP contribution in [0.3, 0.4) is 0 Å². The fourth-order valence-electron chi connectivity index (χ4n) is 9.75. The van der Waals surface area contributed by atoms with Crippen molar-refractivity contribution in [2.45, 2.75) is 334 Å². The van der Waals surface area contributed by atoms with Gasteiger partial charge in [0.1, 0.15) is 13.2 Å². The Balaban J connectivity index is 4.11. The Kier molecular flexibility index (Phi) is 57.7. The molecule has 0 bridgehead atoms. The summed E-state index contributed by atoms with van der Waals surface area (Å²) in [5.74, 6) is -1.99. The summed E-state index contributed by atoms with van der Waals surface area (Å²) < 4.78 is 23.0. The highest BCUT2D eigenvalue weighted by molar-refractivity contribution is 5.71. The summed E-state index contributed by atoms with van der Waals surface area (Å²) >= 11 is 0. The summed E-state index contributed by atoms with van der Waals surface area (Å²) in [4.78, 5) is 37.5. The average Bonchev–Trinajstić information content (AvgIpc) is 3.40. The van der Waals surface area contributed by atoms with Crippen LogP contribution in [-0.4, -0.2) is 87.4 Å². The number of rotatable bonds is 62. The highest BCUT2D eigenvalue weighted by Crippen LogP contribution is 2.18. The first kappa shape index (κ1) is 74.5. The van der Waals surface area contributed by atoms with E-state index in [4.69, 9.17) is 18.9 Å². The van der Waals surface area contributed by atoms with Crippen molar-refractivity contribution in [1.29, 1.82) is 0 Å². The van der Waals surface area contributed by atoms with Crippen molar-refractivity contribution < 1.29 is 42.9 Å². The molecule has 0 fully saturated rings. The van der Waals surface area contributed by atoms with Crippen molar-refractivity contribution in [3.05, 3.63) is 36.5 Å². The fourth-order valence-corrected chi connectivity index (χ4v) is 9.75. The molecule has 1 N–H and O–H groups in total. The summed E-state index contributed by atoms with van der Waals surface area (Å²) in [5.41, 5.74) is 0. The molecule has 0 aromatic heterocycles. The second kappa shape index (κ2) is 59.6. The van der Waals surface area contributed by atoms with Crippen molar-refractivity contribution >= 4 is 17.9 Å². The van der Waals surface area contributed by atoms with Crippen molar-refractivity contribution in [3.63, 3.8) is 0 Å². The number of esters is 2. The van der Waals surface area contributed by atoms with Crippen LogP contribution < -0.4 is 0 Å². The summed E-state index contributed by atoms with van der Waals surface area (Å²) in [5, 5.41) is 9.73. The normalized spacial score (nSPS) is 12.9. The quantitative estimate of drug-likeness (QED) is 0.0211. The Morgan fingerprint density at radius 1 is 0.390 bits per heavy atom. The standard InChI is InChI=1S/C68H127NO8/c1-6-8-10-12-14-16-18-20-22-24-26-28-30-31-32-33-34-35-37-38-40-42-44-46-48-50-52-54-56-58-65(70)75-62-64(63-76-68(67(72)73)74-61-60-69(3,4)5)77-66(71)59-57-55-53-51-49-47-45-43-41-39-36-29-27-25-23-21-19-17-15-13-11-9-7-2/h19,21,24-27,64,68H,6-18,20,22-23,28-63H2,1-5H3/p+1/b21-19-,26-24-,27-25-. The number of likely N-dealkylation sites (N-methyl/N-ethyl adjacent to an activating group) is 1. The molecule has 0 heterocycles. The number of hydrogen-bond donors (Lipinski definition) is 1. The van der Waals surface area contributed by atoms with Crippen molar-refractivity contribution in [2.75, 3.05) is 47.5 Å². The first-order chi connectivity index (χ1) is 37.6. The molecule has 0 aromatic rings. The minimum atomic E-state index is -1.51. The topological polar surface area (TPSA) is 108 Å². The van der Waals surface area contributed by atoms with Crippen LogP contribution in [0.4, 0.5) is 0 Å². The molecule has 9 heteroatoms. The van der Waals surface area contributed by atoms with E-state index in [9.17, 15) is 19.5 Å². The zero-order chi connectivity index (χ0) is 56.2. The average molecular weight is 1090 g/mol. The van der Waals surface area contributed by atoms with Crippen LogP contribution >= 0.6 is 0 Å². The second-order valence-corrected chi connectivity index (χ2v) is 23.8. The van der Waals surface area contributed by atoms with E-state index >= 15 is 0 Å². The van der Waals surface area contributed by atoms with Gasteiger partial charge in [0, 0.05) is 12.8 Å². The van der Waals surface area contributed by atoms with Gasteiger partial charge in [-0.25, -0.2) is 4.79 Å². The molecule has 77 heavy (non-hydrogen) atoms. The van der Waals surface area contributed by atoms with E-state index in [0.29, 0.717) is 17.4 Å².